The first kappa shape index (κ1) is 13.7. The summed E-state index contributed by atoms with van der Waals surface area (Å²) in [6.07, 6.45) is 0. The molecule has 1 heterocycles. The molecule has 0 fully saturated rings. The van der Waals surface area contributed by atoms with Gasteiger partial charge in [0, 0.05) is 7.05 Å². The van der Waals surface area contributed by atoms with E-state index in [0.29, 0.717) is 17.1 Å². The Labute approximate surface area is 114 Å². The van der Waals surface area contributed by atoms with Crippen molar-refractivity contribution >= 4 is 17.3 Å². The molecule has 4 nitrogen and oxygen atoms in total. The Morgan fingerprint density at radius 2 is 1.84 bits per heavy atom. The molecule has 0 saturated heterocycles. The molecule has 1 aliphatic heterocycles. The summed E-state index contributed by atoms with van der Waals surface area (Å²) in [5, 5.41) is 0. The van der Waals surface area contributed by atoms with Gasteiger partial charge in [-0.2, -0.15) is 0 Å². The van der Waals surface area contributed by atoms with E-state index in [2.05, 4.69) is 20.8 Å². The lowest BCUT2D eigenvalue weighted by Gasteiger charge is -2.38. The smallest absolute Gasteiger partial charge is 0.270 e. The van der Waals surface area contributed by atoms with Crippen LogP contribution in [0, 0.1) is 0 Å². The highest BCUT2D eigenvalue weighted by Gasteiger charge is 2.40. The number of nitrogens with two attached hydrogens (primary N) is 1. The van der Waals surface area contributed by atoms with Crippen LogP contribution < -0.4 is 15.4 Å². The van der Waals surface area contributed by atoms with Crippen molar-refractivity contribution in [3.8, 4) is 5.75 Å². The summed E-state index contributed by atoms with van der Waals surface area (Å²) in [5.74, 6) is 0.590. The maximum absolute atomic E-state index is 12.2. The van der Waals surface area contributed by atoms with Gasteiger partial charge in [0.25, 0.3) is 5.91 Å². The summed E-state index contributed by atoms with van der Waals surface area (Å²) in [6.45, 7) is 9.91. The monoisotopic (exact) mass is 262 g/mol. The van der Waals surface area contributed by atoms with Gasteiger partial charge in [-0.05, 0) is 37.0 Å². The van der Waals surface area contributed by atoms with Crippen molar-refractivity contribution in [3.63, 3.8) is 0 Å². The summed E-state index contributed by atoms with van der Waals surface area (Å²) < 4.78 is 5.85. The maximum atomic E-state index is 12.2. The Bertz CT molecular complexity index is 542. The van der Waals surface area contributed by atoms with Crippen LogP contribution in [0.1, 0.15) is 40.2 Å². The minimum atomic E-state index is -0.856. The molecule has 0 aliphatic carbocycles. The Hall–Kier alpha value is -1.71. The van der Waals surface area contributed by atoms with E-state index in [4.69, 9.17) is 10.5 Å². The zero-order chi connectivity index (χ0) is 14.6. The number of amides is 1. The van der Waals surface area contributed by atoms with Gasteiger partial charge >= 0.3 is 0 Å². The third-order valence-corrected chi connectivity index (χ3v) is 3.49. The largest absolute Gasteiger partial charge is 0.476 e. The molecule has 0 unspecified atom stereocenters. The second-order valence-electron chi connectivity index (χ2n) is 6.64. The topological polar surface area (TPSA) is 55.6 Å². The normalized spacial score (nSPS) is 18.0. The fourth-order valence-electron chi connectivity index (χ4n) is 2.32. The molecule has 19 heavy (non-hydrogen) atoms. The number of likely N-dealkylation sites (N-methyl/N-ethyl adjacent to an activating group) is 1. The van der Waals surface area contributed by atoms with Crippen LogP contribution in [0.15, 0.2) is 12.1 Å². The average Bonchev–Trinajstić information content (AvgIpc) is 2.23. The van der Waals surface area contributed by atoms with Gasteiger partial charge in [0.2, 0.25) is 0 Å². The lowest BCUT2D eigenvalue weighted by Crippen LogP contribution is -2.51. The first-order valence-corrected chi connectivity index (χ1v) is 6.45. The van der Waals surface area contributed by atoms with E-state index in [9.17, 15) is 4.79 Å². The van der Waals surface area contributed by atoms with Crippen LogP contribution in [-0.2, 0) is 10.2 Å². The van der Waals surface area contributed by atoms with E-state index in [1.807, 2.05) is 12.1 Å². The molecule has 1 aliphatic rings. The Balaban J connectivity index is 2.63. The van der Waals surface area contributed by atoms with Gasteiger partial charge in [-0.25, -0.2) is 0 Å². The van der Waals surface area contributed by atoms with Crippen molar-refractivity contribution in [1.82, 2.24) is 0 Å². The lowest BCUT2D eigenvalue weighted by molar-refractivity contribution is -0.132. The van der Waals surface area contributed by atoms with Crippen LogP contribution in [0.4, 0.5) is 11.4 Å². The molecule has 0 radical (unpaired) electrons. The van der Waals surface area contributed by atoms with Crippen LogP contribution >= 0.6 is 0 Å². The first-order chi connectivity index (χ1) is 8.54. The number of fused-ring (bicyclic) bond motifs is 1. The summed E-state index contributed by atoms with van der Waals surface area (Å²) >= 11 is 0. The molecule has 0 spiro atoms. The molecule has 0 aromatic heterocycles. The third-order valence-electron chi connectivity index (χ3n) is 3.49. The van der Waals surface area contributed by atoms with Crippen LogP contribution in [0.3, 0.4) is 0 Å². The Morgan fingerprint density at radius 1 is 1.26 bits per heavy atom. The number of carbonyl (C=O) groups excluding carboxylic acids is 1. The fraction of sp³-hybridized carbons (Fsp3) is 0.533. The van der Waals surface area contributed by atoms with Crippen molar-refractivity contribution in [2.45, 2.75) is 45.6 Å². The molecular weight excluding hydrogens is 240 g/mol. The molecule has 0 atom stereocenters. The van der Waals surface area contributed by atoms with Crippen molar-refractivity contribution in [2.24, 2.45) is 0 Å². The molecule has 2 rings (SSSR count). The number of carbonyl (C=O) groups is 1. The van der Waals surface area contributed by atoms with E-state index >= 15 is 0 Å². The minimum absolute atomic E-state index is 0.0172. The van der Waals surface area contributed by atoms with Gasteiger partial charge in [0.05, 0.1) is 5.69 Å². The van der Waals surface area contributed by atoms with Crippen molar-refractivity contribution < 1.29 is 9.53 Å². The van der Waals surface area contributed by atoms with E-state index in [1.165, 1.54) is 0 Å². The van der Waals surface area contributed by atoms with Gasteiger partial charge in [-0.15, -0.1) is 0 Å². The van der Waals surface area contributed by atoms with Gasteiger partial charge in [0.1, 0.15) is 11.4 Å². The second kappa shape index (κ2) is 3.89. The number of benzene rings is 1. The molecule has 0 saturated carbocycles. The van der Waals surface area contributed by atoms with Gasteiger partial charge in [0.15, 0.2) is 5.60 Å². The second-order valence-corrected chi connectivity index (χ2v) is 6.64. The van der Waals surface area contributed by atoms with E-state index in [1.54, 1.807) is 25.8 Å². The summed E-state index contributed by atoms with van der Waals surface area (Å²) in [7, 11) is 1.73. The van der Waals surface area contributed by atoms with E-state index in [-0.39, 0.29) is 11.3 Å². The first-order valence-electron chi connectivity index (χ1n) is 6.45. The van der Waals surface area contributed by atoms with Gasteiger partial charge < -0.3 is 15.4 Å². The van der Waals surface area contributed by atoms with Gasteiger partial charge in [-0.3, -0.25) is 4.79 Å². The molecule has 1 aromatic carbocycles. The predicted octanol–water partition coefficient (Wildman–Crippen LogP) is 2.70. The highest BCUT2D eigenvalue weighted by atomic mass is 16.5. The summed E-state index contributed by atoms with van der Waals surface area (Å²) in [6, 6.07) is 3.90. The van der Waals surface area contributed by atoms with Crippen LogP contribution in [0.2, 0.25) is 0 Å². The predicted molar refractivity (Wildman–Crippen MR) is 77.7 cm³/mol. The SMILES string of the molecule is CN1C(=O)C(C)(C)Oc2cc(C(C)(C)C)cc(N)c21. The molecular formula is C15H22N2O2. The lowest BCUT2D eigenvalue weighted by atomic mass is 9.86. The number of rotatable bonds is 0. The van der Waals surface area contributed by atoms with Crippen LogP contribution in [0.25, 0.3) is 0 Å². The molecule has 4 heteroatoms. The standard InChI is InChI=1S/C15H22N2O2/c1-14(2,3)9-7-10(16)12-11(8-9)19-15(4,5)13(18)17(12)6/h7-8H,16H2,1-6H3. The molecule has 104 valence electrons. The van der Waals surface area contributed by atoms with E-state index in [0.717, 1.165) is 5.56 Å². The molecule has 1 amide bonds. The number of anilines is 2. The van der Waals surface area contributed by atoms with Crippen LogP contribution in [0.5, 0.6) is 5.75 Å². The Morgan fingerprint density at radius 3 is 2.37 bits per heavy atom. The van der Waals surface area contributed by atoms with Crippen molar-refractivity contribution in [2.75, 3.05) is 17.7 Å². The summed E-state index contributed by atoms with van der Waals surface area (Å²) in [4.78, 5) is 13.8. The van der Waals surface area contributed by atoms with Crippen LogP contribution in [-0.4, -0.2) is 18.6 Å². The Kier molecular flexibility index (Phi) is 2.81. The zero-order valence-corrected chi connectivity index (χ0v) is 12.5. The minimum Gasteiger partial charge on any atom is -0.476 e. The van der Waals surface area contributed by atoms with Gasteiger partial charge in [-0.1, -0.05) is 20.8 Å². The zero-order valence-electron chi connectivity index (χ0n) is 12.5. The average molecular weight is 262 g/mol. The summed E-state index contributed by atoms with van der Waals surface area (Å²) in [5.41, 5.74) is 7.57. The maximum Gasteiger partial charge on any atom is 0.270 e. The number of hydrogen-bond acceptors (Lipinski definition) is 3. The van der Waals surface area contributed by atoms with Crippen molar-refractivity contribution in [1.29, 1.82) is 0 Å². The highest BCUT2D eigenvalue weighted by molar-refractivity contribution is 6.04. The molecule has 0 bridgehead atoms. The van der Waals surface area contributed by atoms with E-state index < -0.39 is 5.60 Å². The number of ether oxygens (including phenoxy) is 1. The highest BCUT2D eigenvalue weighted by Crippen LogP contribution is 2.43. The van der Waals surface area contributed by atoms with Crippen molar-refractivity contribution in [3.05, 3.63) is 17.7 Å². The number of nitrogens with zero attached hydrogens (tertiary/aromatic N) is 1. The fourth-order valence-corrected chi connectivity index (χ4v) is 2.32. The number of hydrogen-bond donors (Lipinski definition) is 1. The quantitative estimate of drug-likeness (QED) is 0.731. The molecule has 1 aromatic rings. The number of nitrogen functional groups attached to an aromatic ring is 1. The molecule has 2 N–H and O–H groups in total. The third kappa shape index (κ3) is 2.15.